The first kappa shape index (κ1) is 18.4. The largest absolute Gasteiger partial charge is 0.504 e. The lowest BCUT2D eigenvalue weighted by Crippen LogP contribution is -2.74. The van der Waals surface area contributed by atoms with E-state index in [0.29, 0.717) is 18.6 Å². The molecule has 2 heterocycles. The fourth-order valence-electron chi connectivity index (χ4n) is 5.83. The van der Waals surface area contributed by atoms with Crippen LogP contribution in [0.4, 0.5) is 0 Å². The van der Waals surface area contributed by atoms with Crippen LogP contribution in [0.2, 0.25) is 0 Å². The third-order valence-corrected chi connectivity index (χ3v) is 7.13. The van der Waals surface area contributed by atoms with Crippen LogP contribution in [0.25, 0.3) is 0 Å². The smallest absolute Gasteiger partial charge is 0.311 e. The van der Waals surface area contributed by atoms with Crippen LogP contribution in [0.15, 0.2) is 24.0 Å². The van der Waals surface area contributed by atoms with Crippen LogP contribution in [0, 0.1) is 0 Å². The van der Waals surface area contributed by atoms with Gasteiger partial charge in [-0.15, -0.1) is 0 Å². The molecule has 154 valence electrons. The summed E-state index contributed by atoms with van der Waals surface area (Å²) in [7, 11) is 2.00. The molecule has 0 aromatic heterocycles. The van der Waals surface area contributed by atoms with E-state index in [4.69, 9.17) is 14.6 Å². The number of phenols is 1. The van der Waals surface area contributed by atoms with Gasteiger partial charge in [0, 0.05) is 18.0 Å². The number of likely N-dealkylation sites (N-methyl/N-ethyl adjacent to an activating group) is 1. The molecule has 5 rings (SSSR count). The fourth-order valence-corrected chi connectivity index (χ4v) is 5.83. The SMILES string of the molecule is CN1CC[C@]23c4c5ccc(O)c4O[C@H]2C(OC(=O)CCC(=O)O)=CC[C@@]3(O)[C@H]1C5. The number of carbonyl (C=O) groups is 2. The van der Waals surface area contributed by atoms with Gasteiger partial charge in [0.05, 0.1) is 23.9 Å². The molecular formula is C21H23NO7. The van der Waals surface area contributed by atoms with E-state index < -0.39 is 29.1 Å². The van der Waals surface area contributed by atoms with Crippen LogP contribution in [-0.2, 0) is 26.2 Å². The number of likely N-dealkylation sites (tertiary alicyclic amines) is 1. The molecule has 4 atom stereocenters. The number of carboxylic acid groups (broad SMARTS) is 1. The van der Waals surface area contributed by atoms with Gasteiger partial charge in [0.25, 0.3) is 0 Å². The average molecular weight is 401 g/mol. The van der Waals surface area contributed by atoms with Crippen molar-refractivity contribution in [2.45, 2.75) is 55.3 Å². The number of hydrogen-bond acceptors (Lipinski definition) is 7. The van der Waals surface area contributed by atoms with Crippen molar-refractivity contribution < 1.29 is 34.4 Å². The maximum Gasteiger partial charge on any atom is 0.311 e. The molecule has 1 spiro atoms. The van der Waals surface area contributed by atoms with E-state index in [-0.39, 0.29) is 36.8 Å². The van der Waals surface area contributed by atoms with Crippen molar-refractivity contribution >= 4 is 11.9 Å². The zero-order valence-electron chi connectivity index (χ0n) is 16.1. The second kappa shape index (κ2) is 5.96. The Kier molecular flexibility index (Phi) is 3.79. The Balaban J connectivity index is 1.60. The highest BCUT2D eigenvalue weighted by Crippen LogP contribution is 2.65. The quantitative estimate of drug-likeness (QED) is 0.642. The molecule has 29 heavy (non-hydrogen) atoms. The number of aromatic hydroxyl groups is 1. The molecule has 8 nitrogen and oxygen atoms in total. The van der Waals surface area contributed by atoms with Gasteiger partial charge in [-0.2, -0.15) is 0 Å². The van der Waals surface area contributed by atoms with Crippen LogP contribution in [0.3, 0.4) is 0 Å². The number of nitrogens with zero attached hydrogens (tertiary/aromatic N) is 1. The predicted molar refractivity (Wildman–Crippen MR) is 99.6 cm³/mol. The summed E-state index contributed by atoms with van der Waals surface area (Å²) in [6, 6.07) is 3.36. The summed E-state index contributed by atoms with van der Waals surface area (Å²) >= 11 is 0. The Morgan fingerprint density at radius 3 is 2.90 bits per heavy atom. The maximum atomic E-state index is 12.2. The molecule has 0 radical (unpaired) electrons. The first-order valence-corrected chi connectivity index (χ1v) is 9.85. The van der Waals surface area contributed by atoms with E-state index >= 15 is 0 Å². The lowest BCUT2D eigenvalue weighted by Gasteiger charge is -2.61. The third-order valence-electron chi connectivity index (χ3n) is 7.13. The predicted octanol–water partition coefficient (Wildman–Crippen LogP) is 1.08. The Hall–Kier alpha value is -2.58. The topological polar surface area (TPSA) is 117 Å². The zero-order valence-corrected chi connectivity index (χ0v) is 16.1. The molecule has 2 bridgehead atoms. The first-order chi connectivity index (χ1) is 13.8. The lowest BCUT2D eigenvalue weighted by atomic mass is 9.50. The number of hydrogen-bond donors (Lipinski definition) is 3. The van der Waals surface area contributed by atoms with E-state index in [9.17, 15) is 19.8 Å². The fraction of sp³-hybridized carbons (Fsp3) is 0.524. The summed E-state index contributed by atoms with van der Waals surface area (Å²) in [5.74, 6) is -1.08. The third kappa shape index (κ3) is 2.27. The number of aliphatic carboxylic acids is 1. The van der Waals surface area contributed by atoms with Gasteiger partial charge in [0.1, 0.15) is 5.76 Å². The zero-order chi connectivity index (χ0) is 20.6. The van der Waals surface area contributed by atoms with Gasteiger partial charge in [-0.3, -0.25) is 9.59 Å². The number of aliphatic hydroxyl groups is 1. The van der Waals surface area contributed by atoms with Crippen molar-refractivity contribution in [3.05, 3.63) is 35.1 Å². The van der Waals surface area contributed by atoms with Gasteiger partial charge in [-0.05, 0) is 44.1 Å². The molecule has 1 saturated heterocycles. The Labute approximate surface area is 167 Å². The van der Waals surface area contributed by atoms with Crippen LogP contribution in [-0.4, -0.2) is 63.5 Å². The minimum atomic E-state index is -1.12. The summed E-state index contributed by atoms with van der Waals surface area (Å²) < 4.78 is 11.7. The van der Waals surface area contributed by atoms with Crippen molar-refractivity contribution in [3.63, 3.8) is 0 Å². The number of esters is 1. The molecule has 4 aliphatic rings. The average Bonchev–Trinajstić information content (AvgIpc) is 3.03. The number of piperidine rings is 1. The molecule has 0 unspecified atom stereocenters. The van der Waals surface area contributed by atoms with E-state index in [1.807, 2.05) is 13.1 Å². The van der Waals surface area contributed by atoms with Crippen molar-refractivity contribution in [1.82, 2.24) is 4.90 Å². The number of carboxylic acids is 1. The van der Waals surface area contributed by atoms with Gasteiger partial charge in [0.2, 0.25) is 0 Å². The van der Waals surface area contributed by atoms with Gasteiger partial charge in [-0.25, -0.2) is 0 Å². The molecule has 2 aliphatic carbocycles. The standard InChI is InChI=1S/C21H23NO7/c1-22-9-8-20-17-11-2-3-12(23)18(17)29-19(20)13(28-16(26)5-4-15(24)25)6-7-21(20,27)14(22)10-11/h2-3,6,14,19,23,27H,4-5,7-10H2,1H3,(H,24,25)/t14-,19+,20+,21-/m1/s1. The molecule has 0 amide bonds. The molecular weight excluding hydrogens is 378 g/mol. The molecule has 1 fully saturated rings. The Morgan fingerprint density at radius 2 is 2.14 bits per heavy atom. The summed E-state index contributed by atoms with van der Waals surface area (Å²) in [6.45, 7) is 0.738. The number of rotatable bonds is 4. The van der Waals surface area contributed by atoms with Crippen molar-refractivity contribution in [3.8, 4) is 11.5 Å². The highest BCUT2D eigenvalue weighted by atomic mass is 16.6. The second-order valence-corrected chi connectivity index (χ2v) is 8.47. The molecule has 1 aromatic rings. The number of carbonyl (C=O) groups excluding carboxylic acids is 1. The van der Waals surface area contributed by atoms with Gasteiger partial charge >= 0.3 is 11.9 Å². The Morgan fingerprint density at radius 1 is 1.34 bits per heavy atom. The normalized spacial score (nSPS) is 34.1. The van der Waals surface area contributed by atoms with Gasteiger partial charge in [0.15, 0.2) is 17.6 Å². The van der Waals surface area contributed by atoms with Crippen LogP contribution >= 0.6 is 0 Å². The van der Waals surface area contributed by atoms with E-state index in [0.717, 1.165) is 17.7 Å². The van der Waals surface area contributed by atoms with Crippen LogP contribution < -0.4 is 4.74 Å². The van der Waals surface area contributed by atoms with Crippen LogP contribution in [0.5, 0.6) is 11.5 Å². The number of phenolic OH excluding ortho intramolecular Hbond substituents is 1. The van der Waals surface area contributed by atoms with E-state index in [1.54, 1.807) is 12.1 Å². The molecule has 2 aliphatic heterocycles. The monoisotopic (exact) mass is 401 g/mol. The van der Waals surface area contributed by atoms with Gasteiger partial charge < -0.3 is 29.7 Å². The number of benzene rings is 1. The lowest BCUT2D eigenvalue weighted by molar-refractivity contribution is -0.169. The van der Waals surface area contributed by atoms with Crippen molar-refractivity contribution in [2.75, 3.05) is 13.6 Å². The minimum Gasteiger partial charge on any atom is -0.504 e. The molecule has 0 saturated carbocycles. The first-order valence-electron chi connectivity index (χ1n) is 9.85. The second-order valence-electron chi connectivity index (χ2n) is 8.47. The summed E-state index contributed by atoms with van der Waals surface area (Å²) in [5, 5.41) is 31.2. The Bertz CT molecular complexity index is 957. The highest BCUT2D eigenvalue weighted by Gasteiger charge is 2.72. The maximum absolute atomic E-state index is 12.2. The summed E-state index contributed by atoms with van der Waals surface area (Å²) in [4.78, 5) is 25.1. The number of ether oxygens (including phenoxy) is 2. The molecule has 3 N–H and O–H groups in total. The summed E-state index contributed by atoms with van der Waals surface area (Å²) in [5.41, 5.74) is -0.0852. The van der Waals surface area contributed by atoms with Gasteiger partial charge in [-0.1, -0.05) is 6.07 Å². The highest BCUT2D eigenvalue weighted by molar-refractivity contribution is 5.77. The van der Waals surface area contributed by atoms with Crippen LogP contribution in [0.1, 0.15) is 36.8 Å². The van der Waals surface area contributed by atoms with E-state index in [2.05, 4.69) is 4.90 Å². The van der Waals surface area contributed by atoms with E-state index in [1.165, 1.54) is 0 Å². The molecule has 8 heteroatoms. The van der Waals surface area contributed by atoms with Crippen molar-refractivity contribution in [2.24, 2.45) is 0 Å². The minimum absolute atomic E-state index is 0.00352. The summed E-state index contributed by atoms with van der Waals surface area (Å²) in [6.07, 6.45) is 1.91. The molecule has 1 aromatic carbocycles. The van der Waals surface area contributed by atoms with Crippen molar-refractivity contribution in [1.29, 1.82) is 0 Å².